The molecule has 1 N–H and O–H groups in total. The van der Waals surface area contributed by atoms with Crippen LogP contribution in [0.2, 0.25) is 5.02 Å². The highest BCUT2D eigenvalue weighted by Crippen LogP contribution is 2.25. The molecule has 1 heterocycles. The van der Waals surface area contributed by atoms with Crippen molar-refractivity contribution in [1.82, 2.24) is 9.97 Å². The van der Waals surface area contributed by atoms with Crippen molar-refractivity contribution in [2.45, 2.75) is 39.2 Å². The smallest absolute Gasteiger partial charge is 0.318 e. The maximum Gasteiger partial charge on any atom is 0.318 e. The molecule has 1 rings (SSSR count). The summed E-state index contributed by atoms with van der Waals surface area (Å²) in [6.07, 6.45) is 3.67. The van der Waals surface area contributed by atoms with E-state index in [1.165, 1.54) is 13.3 Å². The summed E-state index contributed by atoms with van der Waals surface area (Å²) in [5, 5.41) is 3.80. The van der Waals surface area contributed by atoms with Gasteiger partial charge in [0.2, 0.25) is 0 Å². The molecule has 0 saturated carbocycles. The molecule has 0 amide bonds. The molecule has 0 aliphatic carbocycles. The van der Waals surface area contributed by atoms with E-state index in [-0.39, 0.29) is 5.54 Å². The van der Waals surface area contributed by atoms with Gasteiger partial charge in [-0.05, 0) is 20.3 Å². The van der Waals surface area contributed by atoms with Gasteiger partial charge in [-0.2, -0.15) is 4.98 Å². The fourth-order valence-corrected chi connectivity index (χ4v) is 1.68. The van der Waals surface area contributed by atoms with E-state index in [0.29, 0.717) is 16.9 Å². The van der Waals surface area contributed by atoms with Crippen LogP contribution in [0, 0.1) is 0 Å². The Balaban J connectivity index is 2.87. The lowest BCUT2D eigenvalue weighted by molar-refractivity contribution is 0.379. The van der Waals surface area contributed by atoms with Gasteiger partial charge < -0.3 is 10.1 Å². The van der Waals surface area contributed by atoms with Crippen molar-refractivity contribution in [3.63, 3.8) is 0 Å². The molecule has 0 unspecified atom stereocenters. The first kappa shape index (κ1) is 13.0. The van der Waals surface area contributed by atoms with Crippen LogP contribution in [-0.4, -0.2) is 22.6 Å². The van der Waals surface area contributed by atoms with Crippen molar-refractivity contribution >= 4 is 17.4 Å². The molecule has 0 radical (unpaired) electrons. The lowest BCUT2D eigenvalue weighted by atomic mass is 9.99. The second-order valence-corrected chi connectivity index (χ2v) is 4.72. The van der Waals surface area contributed by atoms with Gasteiger partial charge in [0.1, 0.15) is 5.02 Å². The Hall–Kier alpha value is -1.03. The Bertz CT molecular complexity index is 355. The minimum absolute atomic E-state index is 0.0439. The number of nitrogens with zero attached hydrogens (tertiary/aromatic N) is 2. The van der Waals surface area contributed by atoms with Crippen LogP contribution in [0.15, 0.2) is 6.20 Å². The molecule has 16 heavy (non-hydrogen) atoms. The topological polar surface area (TPSA) is 47.0 Å². The molecule has 1 aromatic heterocycles. The van der Waals surface area contributed by atoms with Crippen molar-refractivity contribution in [3.8, 4) is 6.01 Å². The van der Waals surface area contributed by atoms with E-state index in [9.17, 15) is 0 Å². The van der Waals surface area contributed by atoms with Gasteiger partial charge in [-0.15, -0.1) is 0 Å². The number of halogens is 1. The lowest BCUT2D eigenvalue weighted by Crippen LogP contribution is -2.31. The van der Waals surface area contributed by atoms with Gasteiger partial charge in [0, 0.05) is 5.54 Å². The molecule has 0 aromatic carbocycles. The number of hydrogen-bond donors (Lipinski definition) is 1. The molecule has 0 atom stereocenters. The monoisotopic (exact) mass is 243 g/mol. The molecule has 4 nitrogen and oxygen atoms in total. The third kappa shape index (κ3) is 3.52. The number of ether oxygens (including phenoxy) is 1. The maximum atomic E-state index is 6.02. The number of hydrogen-bond acceptors (Lipinski definition) is 4. The summed E-state index contributed by atoms with van der Waals surface area (Å²) in [4.78, 5) is 8.11. The zero-order valence-corrected chi connectivity index (χ0v) is 10.9. The van der Waals surface area contributed by atoms with E-state index in [1.807, 2.05) is 0 Å². The minimum Gasteiger partial charge on any atom is -0.467 e. The van der Waals surface area contributed by atoms with Crippen molar-refractivity contribution < 1.29 is 4.74 Å². The van der Waals surface area contributed by atoms with Gasteiger partial charge in [-0.25, -0.2) is 4.98 Å². The highest BCUT2D eigenvalue weighted by Gasteiger charge is 2.18. The van der Waals surface area contributed by atoms with Crippen molar-refractivity contribution in [2.75, 3.05) is 12.4 Å². The molecule has 0 bridgehead atoms. The SMILES string of the molecule is CCCC(C)(C)Nc1nc(OC)ncc1Cl. The fraction of sp³-hybridized carbons (Fsp3) is 0.636. The van der Waals surface area contributed by atoms with E-state index in [2.05, 4.69) is 36.1 Å². The zero-order chi connectivity index (χ0) is 12.2. The Morgan fingerprint density at radius 3 is 2.75 bits per heavy atom. The summed E-state index contributed by atoms with van der Waals surface area (Å²) in [5.74, 6) is 0.618. The molecule has 0 fully saturated rings. The van der Waals surface area contributed by atoms with Crippen LogP contribution in [0.5, 0.6) is 6.01 Å². The first-order valence-electron chi connectivity index (χ1n) is 5.33. The highest BCUT2D eigenvalue weighted by molar-refractivity contribution is 6.32. The maximum absolute atomic E-state index is 6.02. The normalized spacial score (nSPS) is 11.3. The van der Waals surface area contributed by atoms with E-state index in [1.54, 1.807) is 0 Å². The van der Waals surface area contributed by atoms with Crippen molar-refractivity contribution in [3.05, 3.63) is 11.2 Å². The molecule has 0 saturated heterocycles. The summed E-state index contributed by atoms with van der Waals surface area (Å²) in [5.41, 5.74) is -0.0439. The van der Waals surface area contributed by atoms with Gasteiger partial charge in [0.05, 0.1) is 13.3 Å². The molecule has 90 valence electrons. The quantitative estimate of drug-likeness (QED) is 0.863. The third-order valence-corrected chi connectivity index (χ3v) is 2.51. The Labute approximate surface area is 101 Å². The number of anilines is 1. The Morgan fingerprint density at radius 2 is 2.19 bits per heavy atom. The summed E-state index contributed by atoms with van der Waals surface area (Å²) >= 11 is 6.02. The van der Waals surface area contributed by atoms with Gasteiger partial charge in [0.25, 0.3) is 0 Å². The second-order valence-electron chi connectivity index (χ2n) is 4.31. The molecule has 0 spiro atoms. The standard InChI is InChI=1S/C11H18ClN3O/c1-5-6-11(2,3)15-9-8(12)7-13-10(14-9)16-4/h7H,5-6H2,1-4H3,(H,13,14,15). The van der Waals surface area contributed by atoms with E-state index < -0.39 is 0 Å². The number of rotatable bonds is 5. The number of aromatic nitrogens is 2. The van der Waals surface area contributed by atoms with Gasteiger partial charge in [-0.3, -0.25) is 0 Å². The molecule has 0 aliphatic rings. The van der Waals surface area contributed by atoms with Crippen LogP contribution >= 0.6 is 11.6 Å². The van der Waals surface area contributed by atoms with Crippen LogP contribution in [-0.2, 0) is 0 Å². The lowest BCUT2D eigenvalue weighted by Gasteiger charge is -2.26. The Kier molecular flexibility index (Phi) is 4.35. The first-order chi connectivity index (χ1) is 7.48. The third-order valence-electron chi connectivity index (χ3n) is 2.24. The molecular weight excluding hydrogens is 226 g/mol. The predicted octanol–water partition coefficient (Wildman–Crippen LogP) is 3.13. The van der Waals surface area contributed by atoms with Crippen LogP contribution in [0.3, 0.4) is 0 Å². The van der Waals surface area contributed by atoms with E-state index in [4.69, 9.17) is 16.3 Å². The predicted molar refractivity (Wildman–Crippen MR) is 66.2 cm³/mol. The average molecular weight is 244 g/mol. The minimum atomic E-state index is -0.0439. The molecule has 5 heteroatoms. The zero-order valence-electron chi connectivity index (χ0n) is 10.2. The summed E-state index contributed by atoms with van der Waals surface area (Å²) in [6.45, 7) is 6.37. The summed E-state index contributed by atoms with van der Waals surface area (Å²) in [6, 6.07) is 0.319. The molecular formula is C11H18ClN3O. The highest BCUT2D eigenvalue weighted by atomic mass is 35.5. The van der Waals surface area contributed by atoms with E-state index in [0.717, 1.165) is 12.8 Å². The van der Waals surface area contributed by atoms with Crippen LogP contribution in [0.25, 0.3) is 0 Å². The van der Waals surface area contributed by atoms with Crippen molar-refractivity contribution in [1.29, 1.82) is 0 Å². The largest absolute Gasteiger partial charge is 0.467 e. The van der Waals surface area contributed by atoms with Crippen LogP contribution in [0.4, 0.5) is 5.82 Å². The van der Waals surface area contributed by atoms with Gasteiger partial charge in [-0.1, -0.05) is 24.9 Å². The second kappa shape index (κ2) is 5.34. The van der Waals surface area contributed by atoms with Crippen LogP contribution in [0.1, 0.15) is 33.6 Å². The number of nitrogens with one attached hydrogen (secondary N) is 1. The molecule has 0 aliphatic heterocycles. The number of methoxy groups -OCH3 is 1. The fourth-order valence-electron chi connectivity index (χ4n) is 1.54. The Morgan fingerprint density at radius 1 is 1.50 bits per heavy atom. The first-order valence-corrected chi connectivity index (χ1v) is 5.71. The van der Waals surface area contributed by atoms with Crippen molar-refractivity contribution in [2.24, 2.45) is 0 Å². The van der Waals surface area contributed by atoms with Crippen LogP contribution < -0.4 is 10.1 Å². The summed E-state index contributed by atoms with van der Waals surface area (Å²) < 4.78 is 4.96. The average Bonchev–Trinajstić information content (AvgIpc) is 2.21. The van der Waals surface area contributed by atoms with E-state index >= 15 is 0 Å². The molecule has 1 aromatic rings. The van der Waals surface area contributed by atoms with Gasteiger partial charge in [0.15, 0.2) is 5.82 Å². The van der Waals surface area contributed by atoms with Gasteiger partial charge >= 0.3 is 6.01 Å². The summed E-state index contributed by atoms with van der Waals surface area (Å²) in [7, 11) is 1.53.